The first-order valence-electron chi connectivity index (χ1n) is 6.38. The Balaban J connectivity index is 1.85. The molecule has 1 aromatic rings. The maximum absolute atomic E-state index is 10.7. The smallest absolute Gasteiger partial charge is 0.335 e. The summed E-state index contributed by atoms with van der Waals surface area (Å²) in [6.07, 6.45) is 8.36. The lowest BCUT2D eigenvalue weighted by molar-refractivity contribution is 0.0697. The molecule has 0 atom stereocenters. The van der Waals surface area contributed by atoms with Gasteiger partial charge in [-0.25, -0.2) is 4.79 Å². The van der Waals surface area contributed by atoms with Crippen molar-refractivity contribution in [2.24, 2.45) is 11.0 Å². The third-order valence-electron chi connectivity index (χ3n) is 3.26. The molecule has 1 aliphatic carbocycles. The third-order valence-corrected chi connectivity index (χ3v) is 3.26. The second-order valence-corrected chi connectivity index (χ2v) is 4.67. The van der Waals surface area contributed by atoms with Gasteiger partial charge in [0.1, 0.15) is 0 Å². The van der Waals surface area contributed by atoms with Crippen LogP contribution in [0, 0.1) is 5.92 Å². The van der Waals surface area contributed by atoms with Crippen molar-refractivity contribution in [2.75, 3.05) is 5.43 Å². The standard InChI is InChI=1S/C14H18N2O2/c17-14(18)12-6-8-13(9-7-12)16-15-10-11-4-2-1-3-5-11/h6-11,16H,1-5H2,(H,17,18). The molecular weight excluding hydrogens is 228 g/mol. The van der Waals surface area contributed by atoms with E-state index in [1.165, 1.54) is 32.1 Å². The molecule has 4 heteroatoms. The van der Waals surface area contributed by atoms with Crippen LogP contribution >= 0.6 is 0 Å². The lowest BCUT2D eigenvalue weighted by Gasteiger charge is -2.16. The summed E-state index contributed by atoms with van der Waals surface area (Å²) in [5, 5.41) is 13.0. The highest BCUT2D eigenvalue weighted by Crippen LogP contribution is 2.21. The molecule has 18 heavy (non-hydrogen) atoms. The van der Waals surface area contributed by atoms with Crippen molar-refractivity contribution < 1.29 is 9.90 Å². The number of nitrogens with zero attached hydrogens (tertiary/aromatic N) is 1. The average Bonchev–Trinajstić information content (AvgIpc) is 2.40. The third kappa shape index (κ3) is 3.58. The van der Waals surface area contributed by atoms with Crippen LogP contribution in [0.3, 0.4) is 0 Å². The molecule has 1 aliphatic rings. The van der Waals surface area contributed by atoms with Gasteiger partial charge in [-0.2, -0.15) is 5.10 Å². The number of carboxylic acids is 1. The second-order valence-electron chi connectivity index (χ2n) is 4.67. The number of hydrogen-bond acceptors (Lipinski definition) is 3. The highest BCUT2D eigenvalue weighted by Gasteiger charge is 2.10. The molecule has 2 N–H and O–H groups in total. The molecular formula is C14H18N2O2. The number of benzene rings is 1. The van der Waals surface area contributed by atoms with Crippen molar-refractivity contribution in [3.63, 3.8) is 0 Å². The summed E-state index contributed by atoms with van der Waals surface area (Å²) < 4.78 is 0. The van der Waals surface area contributed by atoms with Crippen LogP contribution in [0.2, 0.25) is 0 Å². The van der Waals surface area contributed by atoms with Crippen LogP contribution in [0.5, 0.6) is 0 Å². The Morgan fingerprint density at radius 3 is 2.50 bits per heavy atom. The van der Waals surface area contributed by atoms with E-state index in [0.717, 1.165) is 5.69 Å². The van der Waals surface area contributed by atoms with Crippen LogP contribution in [0.15, 0.2) is 29.4 Å². The van der Waals surface area contributed by atoms with Crippen molar-refractivity contribution >= 4 is 17.9 Å². The van der Waals surface area contributed by atoms with Crippen molar-refractivity contribution in [1.29, 1.82) is 0 Å². The van der Waals surface area contributed by atoms with Gasteiger partial charge in [-0.15, -0.1) is 0 Å². The molecule has 1 saturated carbocycles. The van der Waals surface area contributed by atoms with E-state index < -0.39 is 5.97 Å². The average molecular weight is 246 g/mol. The largest absolute Gasteiger partial charge is 0.478 e. The van der Waals surface area contributed by atoms with E-state index in [4.69, 9.17) is 5.11 Å². The zero-order valence-corrected chi connectivity index (χ0v) is 10.3. The SMILES string of the molecule is O=C(O)c1ccc(NN=CC2CCCCC2)cc1. The van der Waals surface area contributed by atoms with Crippen LogP contribution in [-0.4, -0.2) is 17.3 Å². The van der Waals surface area contributed by atoms with Crippen LogP contribution in [0.4, 0.5) is 5.69 Å². The quantitative estimate of drug-likeness (QED) is 0.632. The molecule has 1 fully saturated rings. The van der Waals surface area contributed by atoms with E-state index in [0.29, 0.717) is 5.92 Å². The van der Waals surface area contributed by atoms with Crippen LogP contribution in [-0.2, 0) is 0 Å². The predicted molar refractivity (Wildman–Crippen MR) is 72.1 cm³/mol. The Morgan fingerprint density at radius 2 is 1.89 bits per heavy atom. The fraction of sp³-hybridized carbons (Fsp3) is 0.429. The van der Waals surface area contributed by atoms with Gasteiger partial charge in [-0.05, 0) is 43.0 Å². The highest BCUT2D eigenvalue weighted by atomic mass is 16.4. The molecule has 0 bridgehead atoms. The molecule has 0 amide bonds. The van der Waals surface area contributed by atoms with E-state index in [-0.39, 0.29) is 5.56 Å². The molecule has 1 aromatic carbocycles. The van der Waals surface area contributed by atoms with Crippen molar-refractivity contribution in [3.8, 4) is 0 Å². The number of nitrogens with one attached hydrogen (secondary N) is 1. The van der Waals surface area contributed by atoms with E-state index in [9.17, 15) is 4.79 Å². The van der Waals surface area contributed by atoms with Gasteiger partial charge in [0.15, 0.2) is 0 Å². The van der Waals surface area contributed by atoms with E-state index in [2.05, 4.69) is 10.5 Å². The Morgan fingerprint density at radius 1 is 1.22 bits per heavy atom. The number of rotatable bonds is 4. The van der Waals surface area contributed by atoms with E-state index >= 15 is 0 Å². The summed E-state index contributed by atoms with van der Waals surface area (Å²) >= 11 is 0. The first kappa shape index (κ1) is 12.6. The zero-order valence-electron chi connectivity index (χ0n) is 10.3. The summed E-state index contributed by atoms with van der Waals surface area (Å²) in [4.78, 5) is 10.7. The molecule has 0 aliphatic heterocycles. The maximum Gasteiger partial charge on any atom is 0.335 e. The molecule has 0 saturated heterocycles. The fourth-order valence-electron chi connectivity index (χ4n) is 2.19. The maximum atomic E-state index is 10.7. The molecule has 96 valence electrons. The lowest BCUT2D eigenvalue weighted by Crippen LogP contribution is -2.08. The van der Waals surface area contributed by atoms with Gasteiger partial charge < -0.3 is 5.11 Å². The molecule has 4 nitrogen and oxygen atoms in total. The number of aromatic carboxylic acids is 1. The zero-order chi connectivity index (χ0) is 12.8. The number of hydrazone groups is 1. The molecule has 0 unspecified atom stereocenters. The monoisotopic (exact) mass is 246 g/mol. The summed E-state index contributed by atoms with van der Waals surface area (Å²) in [6, 6.07) is 6.59. The molecule has 0 aromatic heterocycles. The minimum atomic E-state index is -0.910. The van der Waals surface area contributed by atoms with Crippen molar-refractivity contribution in [3.05, 3.63) is 29.8 Å². The van der Waals surface area contributed by atoms with Crippen molar-refractivity contribution in [2.45, 2.75) is 32.1 Å². The minimum absolute atomic E-state index is 0.289. The van der Waals surface area contributed by atoms with Gasteiger partial charge in [0.25, 0.3) is 0 Å². The van der Waals surface area contributed by atoms with Gasteiger partial charge in [0, 0.05) is 6.21 Å². The van der Waals surface area contributed by atoms with Gasteiger partial charge in [-0.1, -0.05) is 19.3 Å². The Bertz CT molecular complexity index is 420. The molecule has 0 spiro atoms. The molecule has 2 rings (SSSR count). The highest BCUT2D eigenvalue weighted by molar-refractivity contribution is 5.88. The summed E-state index contributed by atoms with van der Waals surface area (Å²) in [5.74, 6) is -0.322. The van der Waals surface area contributed by atoms with Crippen LogP contribution < -0.4 is 5.43 Å². The Kier molecular flexibility index (Phi) is 4.34. The van der Waals surface area contributed by atoms with Gasteiger partial charge in [0.05, 0.1) is 11.3 Å². The summed E-state index contributed by atoms with van der Waals surface area (Å²) in [5.41, 5.74) is 4.04. The van der Waals surface area contributed by atoms with Gasteiger partial charge >= 0.3 is 5.97 Å². The topological polar surface area (TPSA) is 61.7 Å². The van der Waals surface area contributed by atoms with Crippen LogP contribution in [0.1, 0.15) is 42.5 Å². The Labute approximate surface area is 107 Å². The normalized spacial score (nSPS) is 16.9. The first-order valence-corrected chi connectivity index (χ1v) is 6.38. The lowest BCUT2D eigenvalue weighted by atomic mass is 9.90. The number of carboxylic acid groups (broad SMARTS) is 1. The predicted octanol–water partition coefficient (Wildman–Crippen LogP) is 3.36. The first-order chi connectivity index (χ1) is 8.75. The Hall–Kier alpha value is -1.84. The van der Waals surface area contributed by atoms with Crippen LogP contribution in [0.25, 0.3) is 0 Å². The van der Waals surface area contributed by atoms with Gasteiger partial charge in [0.2, 0.25) is 0 Å². The van der Waals surface area contributed by atoms with Gasteiger partial charge in [-0.3, -0.25) is 5.43 Å². The van der Waals surface area contributed by atoms with E-state index in [1.807, 2.05) is 6.21 Å². The minimum Gasteiger partial charge on any atom is -0.478 e. The fourth-order valence-corrected chi connectivity index (χ4v) is 2.19. The summed E-state index contributed by atoms with van der Waals surface area (Å²) in [6.45, 7) is 0. The number of anilines is 1. The molecule has 0 radical (unpaired) electrons. The van der Waals surface area contributed by atoms with Crippen molar-refractivity contribution in [1.82, 2.24) is 0 Å². The molecule has 0 heterocycles. The van der Waals surface area contributed by atoms with E-state index in [1.54, 1.807) is 24.3 Å². The summed E-state index contributed by atoms with van der Waals surface area (Å²) in [7, 11) is 0. The number of carbonyl (C=O) groups is 1. The number of hydrogen-bond donors (Lipinski definition) is 2. The second kappa shape index (κ2) is 6.19.